The fraction of sp³-hybridized carbons (Fsp3) is 0.290. The maximum absolute atomic E-state index is 15.1. The number of aromatic nitrogens is 1. The van der Waals surface area contributed by atoms with Crippen molar-refractivity contribution in [3.8, 4) is 11.1 Å². The number of para-hydroxylation sites is 1. The number of halogens is 2. The molecule has 6 nitrogen and oxygen atoms in total. The minimum Gasteiger partial charge on any atom is -0.330 e. The fourth-order valence-electron chi connectivity index (χ4n) is 5.43. The van der Waals surface area contributed by atoms with Crippen LogP contribution in [0.15, 0.2) is 60.8 Å². The summed E-state index contributed by atoms with van der Waals surface area (Å²) in [5, 5.41) is 2.97. The van der Waals surface area contributed by atoms with Gasteiger partial charge in [-0.3, -0.25) is 19.4 Å². The van der Waals surface area contributed by atoms with Crippen molar-refractivity contribution in [3.05, 3.63) is 88.5 Å². The summed E-state index contributed by atoms with van der Waals surface area (Å²) in [5.41, 5.74) is 4.01. The van der Waals surface area contributed by atoms with E-state index in [1.165, 1.54) is 25.1 Å². The van der Waals surface area contributed by atoms with Crippen LogP contribution < -0.4 is 5.32 Å². The lowest BCUT2D eigenvalue weighted by Gasteiger charge is -2.35. The van der Waals surface area contributed by atoms with Crippen molar-refractivity contribution in [2.24, 2.45) is 5.92 Å². The Hall–Kier alpha value is -3.84. The van der Waals surface area contributed by atoms with Gasteiger partial charge in [0, 0.05) is 47.1 Å². The molecule has 0 aliphatic carbocycles. The maximum Gasteiger partial charge on any atom is 0.247 e. The normalized spacial score (nSPS) is 19.8. The zero-order valence-electron chi connectivity index (χ0n) is 21.8. The number of ketones is 1. The molecule has 2 aliphatic heterocycles. The topological polar surface area (TPSA) is 79.4 Å². The third kappa shape index (κ3) is 5.36. The van der Waals surface area contributed by atoms with Crippen molar-refractivity contribution >= 4 is 40.5 Å². The Kier molecular flexibility index (Phi) is 7.62. The van der Waals surface area contributed by atoms with Crippen molar-refractivity contribution in [1.82, 2.24) is 9.88 Å². The average Bonchev–Trinajstić information content (AvgIpc) is 2.92. The van der Waals surface area contributed by atoms with Crippen molar-refractivity contribution < 1.29 is 18.8 Å². The summed E-state index contributed by atoms with van der Waals surface area (Å²) in [7, 11) is 0. The van der Waals surface area contributed by atoms with Crippen molar-refractivity contribution in [1.29, 1.82) is 0 Å². The number of fused-ring (bicyclic) bond motifs is 4. The van der Waals surface area contributed by atoms with E-state index in [1.807, 2.05) is 43.3 Å². The maximum atomic E-state index is 15.1. The van der Waals surface area contributed by atoms with E-state index >= 15 is 4.39 Å². The Labute approximate surface area is 231 Å². The van der Waals surface area contributed by atoms with Gasteiger partial charge in [-0.25, -0.2) is 4.39 Å². The summed E-state index contributed by atoms with van der Waals surface area (Å²) in [6.45, 7) is 3.60. The number of Topliss-reactive ketones (excluding diaryl/α,β-unsaturated/α-hetero) is 1. The molecule has 0 radical (unpaired) electrons. The smallest absolute Gasteiger partial charge is 0.247 e. The number of carbonyl (C=O) groups is 3. The number of hydrogen-bond donors (Lipinski definition) is 1. The zero-order valence-corrected chi connectivity index (χ0v) is 22.6. The van der Waals surface area contributed by atoms with E-state index in [4.69, 9.17) is 11.6 Å². The molecule has 2 bridgehead atoms. The van der Waals surface area contributed by atoms with Gasteiger partial charge in [-0.15, -0.1) is 0 Å². The van der Waals surface area contributed by atoms with E-state index in [0.717, 1.165) is 22.5 Å². The Bertz CT molecular complexity index is 1500. The predicted octanol–water partition coefficient (Wildman–Crippen LogP) is 6.86. The fourth-order valence-corrected chi connectivity index (χ4v) is 5.59. The van der Waals surface area contributed by atoms with Crippen LogP contribution in [0.25, 0.3) is 16.7 Å². The molecule has 3 heterocycles. The first-order chi connectivity index (χ1) is 18.7. The van der Waals surface area contributed by atoms with Crippen LogP contribution in [-0.2, 0) is 9.59 Å². The molecule has 0 saturated heterocycles. The molecule has 0 saturated carbocycles. The summed E-state index contributed by atoms with van der Waals surface area (Å²) >= 11 is 6.03. The lowest BCUT2D eigenvalue weighted by Crippen LogP contribution is -2.38. The molecule has 2 aliphatic rings. The second-order valence-corrected chi connectivity index (χ2v) is 10.6. The number of nitrogens with one attached hydrogen (secondary N) is 1. The number of carbonyl (C=O) groups excluding carboxylic acids is 3. The number of anilines is 1. The zero-order chi connectivity index (χ0) is 27.7. The van der Waals surface area contributed by atoms with Crippen LogP contribution in [0.3, 0.4) is 0 Å². The van der Waals surface area contributed by atoms with E-state index < -0.39 is 5.82 Å². The first kappa shape index (κ1) is 26.8. The first-order valence-electron chi connectivity index (χ1n) is 13.1. The van der Waals surface area contributed by atoms with Crippen LogP contribution in [0.5, 0.6) is 0 Å². The minimum atomic E-state index is -0.692. The Balaban J connectivity index is 1.54. The predicted molar refractivity (Wildman–Crippen MR) is 150 cm³/mol. The van der Waals surface area contributed by atoms with Crippen LogP contribution in [0, 0.1) is 11.7 Å². The second-order valence-electron chi connectivity index (χ2n) is 10.1. The van der Waals surface area contributed by atoms with Crippen LogP contribution in [0.1, 0.15) is 67.2 Å². The van der Waals surface area contributed by atoms with Crippen molar-refractivity contribution in [2.45, 2.75) is 45.6 Å². The molecule has 1 aromatic heterocycles. The molecule has 0 unspecified atom stereocenters. The molecule has 0 fully saturated rings. The van der Waals surface area contributed by atoms with E-state index in [0.29, 0.717) is 37.8 Å². The molecule has 200 valence electrons. The van der Waals surface area contributed by atoms with Gasteiger partial charge in [0.2, 0.25) is 11.8 Å². The lowest BCUT2D eigenvalue weighted by molar-refractivity contribution is -0.129. The summed E-state index contributed by atoms with van der Waals surface area (Å²) in [6.07, 6.45) is 5.49. The molecular weight excluding hydrogens is 517 g/mol. The molecule has 1 N–H and O–H groups in total. The summed E-state index contributed by atoms with van der Waals surface area (Å²) in [6, 6.07) is 14.0. The molecule has 2 aromatic carbocycles. The number of amides is 2. The molecule has 2 atom stereocenters. The molecule has 2 amide bonds. The monoisotopic (exact) mass is 545 g/mol. The highest BCUT2D eigenvalue weighted by Gasteiger charge is 2.31. The Morgan fingerprint density at radius 3 is 2.69 bits per heavy atom. The Morgan fingerprint density at radius 2 is 1.92 bits per heavy atom. The quantitative estimate of drug-likeness (QED) is 0.365. The number of rotatable bonds is 3. The Morgan fingerprint density at radius 1 is 1.13 bits per heavy atom. The van der Waals surface area contributed by atoms with Gasteiger partial charge in [0.1, 0.15) is 5.82 Å². The third-order valence-electron chi connectivity index (χ3n) is 7.56. The molecule has 39 heavy (non-hydrogen) atoms. The van der Waals surface area contributed by atoms with Gasteiger partial charge in [-0.05, 0) is 67.7 Å². The second kappa shape index (κ2) is 11.1. The van der Waals surface area contributed by atoms with Gasteiger partial charge in [0.25, 0.3) is 0 Å². The first-order valence-corrected chi connectivity index (χ1v) is 13.5. The van der Waals surface area contributed by atoms with Gasteiger partial charge in [-0.2, -0.15) is 0 Å². The average molecular weight is 546 g/mol. The standard InChI is InChI=1S/C31H29ClFN3O3/c1-18-6-5-9-27(26-16-20(12-14-34-26)23-7-3-4-8-25(23)35-31(18)39)36-15-13-21(17-28(36)38)29-22(19(2)37)10-11-24(32)30(29)33/h3-4,7-8,10-12,14,16-18,27H,5-6,9,13,15H2,1-2H3,(H,35,39)/t18-,27+/m1/s1. The molecular formula is C31H29ClFN3O3. The molecule has 3 aromatic rings. The van der Waals surface area contributed by atoms with Gasteiger partial charge in [0.15, 0.2) is 5.78 Å². The molecule has 5 rings (SSSR count). The van der Waals surface area contributed by atoms with Crippen LogP contribution in [-0.4, -0.2) is 34.0 Å². The number of hydrogen-bond acceptors (Lipinski definition) is 4. The van der Waals surface area contributed by atoms with Crippen LogP contribution >= 0.6 is 11.6 Å². The lowest BCUT2D eigenvalue weighted by atomic mass is 9.90. The third-order valence-corrected chi connectivity index (χ3v) is 7.85. The SMILES string of the molecule is CC(=O)c1ccc(Cl)c(F)c1C1=CC(=O)N([C@H]2CCC[C@@H](C)C(=O)Nc3ccccc3-c3ccnc2c3)CC1. The highest BCUT2D eigenvalue weighted by Crippen LogP contribution is 2.37. The van der Waals surface area contributed by atoms with E-state index in [-0.39, 0.29) is 45.7 Å². The van der Waals surface area contributed by atoms with Gasteiger partial charge < -0.3 is 10.2 Å². The van der Waals surface area contributed by atoms with Gasteiger partial charge in [-0.1, -0.05) is 43.1 Å². The summed E-state index contributed by atoms with van der Waals surface area (Å²) in [4.78, 5) is 45.1. The highest BCUT2D eigenvalue weighted by atomic mass is 35.5. The number of nitrogens with zero attached hydrogens (tertiary/aromatic N) is 2. The van der Waals surface area contributed by atoms with Crippen molar-refractivity contribution in [3.63, 3.8) is 0 Å². The van der Waals surface area contributed by atoms with Gasteiger partial charge in [0.05, 0.1) is 16.8 Å². The van der Waals surface area contributed by atoms with Crippen LogP contribution in [0.2, 0.25) is 5.02 Å². The highest BCUT2D eigenvalue weighted by molar-refractivity contribution is 6.31. The number of pyridine rings is 1. The van der Waals surface area contributed by atoms with E-state index in [1.54, 1.807) is 11.1 Å². The van der Waals surface area contributed by atoms with E-state index in [2.05, 4.69) is 10.3 Å². The summed E-state index contributed by atoms with van der Waals surface area (Å²) < 4.78 is 15.1. The summed E-state index contributed by atoms with van der Waals surface area (Å²) in [5.74, 6) is -1.51. The largest absolute Gasteiger partial charge is 0.330 e. The van der Waals surface area contributed by atoms with E-state index in [9.17, 15) is 14.4 Å². The number of benzene rings is 2. The van der Waals surface area contributed by atoms with Crippen LogP contribution in [0.4, 0.5) is 10.1 Å². The minimum absolute atomic E-state index is 0.0414. The molecule has 8 heteroatoms. The molecule has 0 spiro atoms. The van der Waals surface area contributed by atoms with Gasteiger partial charge >= 0.3 is 0 Å². The van der Waals surface area contributed by atoms with Crippen molar-refractivity contribution in [2.75, 3.05) is 11.9 Å².